The van der Waals surface area contributed by atoms with Crippen molar-refractivity contribution in [3.05, 3.63) is 82.7 Å². The first-order valence-corrected chi connectivity index (χ1v) is 19.0. The Hall–Kier alpha value is -5.67. The van der Waals surface area contributed by atoms with Crippen LogP contribution in [0.25, 0.3) is 44.9 Å². The molecule has 0 saturated heterocycles. The number of H-pyrrole nitrogens is 1. The van der Waals surface area contributed by atoms with Gasteiger partial charge in [-0.1, -0.05) is 38.9 Å². The summed E-state index contributed by atoms with van der Waals surface area (Å²) < 4.78 is 11.8. The van der Waals surface area contributed by atoms with Crippen LogP contribution in [0.3, 0.4) is 0 Å². The monoisotopic (exact) mass is 739 g/mol. The van der Waals surface area contributed by atoms with E-state index in [0.717, 1.165) is 83.0 Å². The lowest BCUT2D eigenvalue weighted by atomic mass is 9.76. The van der Waals surface area contributed by atoms with Gasteiger partial charge in [-0.05, 0) is 73.6 Å². The molecule has 2 aliphatic carbocycles. The topological polar surface area (TPSA) is 181 Å². The first kappa shape index (κ1) is 33.9. The Balaban J connectivity index is 1.03. The summed E-state index contributed by atoms with van der Waals surface area (Å²) in [6.07, 6.45) is 11.5. The molecule has 0 radical (unpaired) electrons. The average molecular weight is 740 g/mol. The largest absolute Gasteiger partial charge is 0.383 e. The fraction of sp³-hybridized carbons (Fsp3) is 0.425. The minimum atomic E-state index is -1.13. The molecule has 0 amide bonds. The van der Waals surface area contributed by atoms with Gasteiger partial charge in [0.2, 0.25) is 5.82 Å². The summed E-state index contributed by atoms with van der Waals surface area (Å²) in [5, 5.41) is 23.3. The molecular weight excluding hydrogens is 695 g/mol. The lowest BCUT2D eigenvalue weighted by Gasteiger charge is -2.34. The van der Waals surface area contributed by atoms with Gasteiger partial charge in [-0.15, -0.1) is 5.48 Å². The van der Waals surface area contributed by atoms with Gasteiger partial charge in [-0.3, -0.25) is 14.5 Å². The number of benzene rings is 1. The van der Waals surface area contributed by atoms with Crippen molar-refractivity contribution in [2.75, 3.05) is 6.54 Å². The second-order valence-corrected chi connectivity index (χ2v) is 17.1. The van der Waals surface area contributed by atoms with Crippen LogP contribution in [0.5, 0.6) is 0 Å². The van der Waals surface area contributed by atoms with Crippen LogP contribution in [0.2, 0.25) is 0 Å². The Morgan fingerprint density at radius 1 is 0.891 bits per heavy atom. The molecule has 1 aliphatic heterocycles. The molecule has 2 atom stereocenters. The molecule has 7 aromatic rings. The van der Waals surface area contributed by atoms with Crippen LogP contribution in [-0.2, 0) is 50.3 Å². The second kappa shape index (κ2) is 11.9. The number of aliphatic imine (C=N–C) groups is 1. The van der Waals surface area contributed by atoms with Crippen molar-refractivity contribution in [2.24, 2.45) is 35.7 Å². The zero-order valence-corrected chi connectivity index (χ0v) is 32.0. The zero-order valence-electron chi connectivity index (χ0n) is 32.0. The SMILES string of the molecule is Cn1nc(C2=NC(c3ccc4[nH]ncc4c3)(C(CN)n3ccc4cc(-c5noc(-c6nn(C)c7c6CCC(C)(C)C7)n5)cnc43)NO2)c2c1CC(C)(C)CC2. The van der Waals surface area contributed by atoms with E-state index in [1.54, 1.807) is 6.20 Å². The van der Waals surface area contributed by atoms with Gasteiger partial charge in [0.1, 0.15) is 5.65 Å². The van der Waals surface area contributed by atoms with E-state index in [2.05, 4.69) is 59.2 Å². The van der Waals surface area contributed by atoms with Crippen LogP contribution >= 0.6 is 0 Å². The molecule has 15 nitrogen and oxygen atoms in total. The maximum atomic E-state index is 6.73. The van der Waals surface area contributed by atoms with Gasteiger partial charge < -0.3 is 19.7 Å². The number of aromatic nitrogens is 10. The van der Waals surface area contributed by atoms with E-state index in [0.29, 0.717) is 17.6 Å². The Kier molecular flexibility index (Phi) is 7.34. The van der Waals surface area contributed by atoms with Crippen molar-refractivity contribution >= 4 is 27.8 Å². The van der Waals surface area contributed by atoms with Gasteiger partial charge in [0.05, 0.1) is 17.8 Å². The maximum absolute atomic E-state index is 6.73. The van der Waals surface area contributed by atoms with Gasteiger partial charge in [0.25, 0.3) is 11.8 Å². The van der Waals surface area contributed by atoms with E-state index in [4.69, 9.17) is 40.3 Å². The van der Waals surface area contributed by atoms with Crippen molar-refractivity contribution in [1.82, 2.24) is 54.9 Å². The second-order valence-electron chi connectivity index (χ2n) is 17.1. The summed E-state index contributed by atoms with van der Waals surface area (Å²) >= 11 is 0. The molecule has 55 heavy (non-hydrogen) atoms. The highest BCUT2D eigenvalue weighted by Gasteiger charge is 2.48. The molecule has 282 valence electrons. The van der Waals surface area contributed by atoms with Crippen molar-refractivity contribution in [1.29, 1.82) is 0 Å². The van der Waals surface area contributed by atoms with E-state index in [1.165, 1.54) is 22.5 Å². The molecule has 0 spiro atoms. The average Bonchev–Trinajstić information content (AvgIpc) is 4.02. The van der Waals surface area contributed by atoms with E-state index >= 15 is 0 Å². The number of aromatic amines is 1. The lowest BCUT2D eigenvalue weighted by Crippen LogP contribution is -2.47. The predicted octanol–water partition coefficient (Wildman–Crippen LogP) is 5.46. The zero-order chi connectivity index (χ0) is 37.9. The number of hydroxylamine groups is 1. The Bertz CT molecular complexity index is 2670. The summed E-state index contributed by atoms with van der Waals surface area (Å²) in [5.74, 6) is 1.32. The van der Waals surface area contributed by atoms with Crippen molar-refractivity contribution < 1.29 is 9.36 Å². The summed E-state index contributed by atoms with van der Waals surface area (Å²) in [6, 6.07) is 9.71. The summed E-state index contributed by atoms with van der Waals surface area (Å²) in [6.45, 7) is 9.44. The molecule has 6 aromatic heterocycles. The van der Waals surface area contributed by atoms with Crippen molar-refractivity contribution in [3.8, 4) is 23.0 Å². The highest BCUT2D eigenvalue weighted by Crippen LogP contribution is 2.43. The van der Waals surface area contributed by atoms with Gasteiger partial charge >= 0.3 is 0 Å². The van der Waals surface area contributed by atoms with Crippen molar-refractivity contribution in [2.45, 2.75) is 77.9 Å². The van der Waals surface area contributed by atoms with Gasteiger partial charge in [-0.25, -0.2) is 9.98 Å². The molecule has 0 saturated carbocycles. The fourth-order valence-corrected chi connectivity index (χ4v) is 8.94. The van der Waals surface area contributed by atoms with Gasteiger partial charge in [-0.2, -0.15) is 20.3 Å². The Morgan fingerprint density at radius 3 is 2.36 bits per heavy atom. The standard InChI is InChI=1S/C40H45N13O2/c1-38(2)12-9-26-29(17-38)51(5)47-32(26)36-44-34(49-54-36)24-15-22-11-14-53(35(22)42-20-24)31(19-41)40(25-7-8-28-23(16-25)21-43-46-28)45-37(55-50-40)33-27-10-13-39(3,4)18-30(27)52(6)48-33/h7-8,11,14-16,20-21,31,50H,9-10,12-13,17-19,41H2,1-6H3,(H,43,46). The highest BCUT2D eigenvalue weighted by atomic mass is 16.7. The highest BCUT2D eigenvalue weighted by molar-refractivity contribution is 5.95. The number of rotatable bonds is 7. The summed E-state index contributed by atoms with van der Waals surface area (Å²) in [4.78, 5) is 21.5. The molecule has 2 unspecified atom stereocenters. The van der Waals surface area contributed by atoms with Crippen LogP contribution in [-0.4, -0.2) is 61.9 Å². The normalized spacial score (nSPS) is 20.7. The van der Waals surface area contributed by atoms with Crippen LogP contribution in [0.4, 0.5) is 0 Å². The number of aryl methyl sites for hydroxylation is 2. The Labute approximate surface area is 317 Å². The summed E-state index contributed by atoms with van der Waals surface area (Å²) in [7, 11) is 3.99. The maximum Gasteiger partial charge on any atom is 0.279 e. The molecular formula is C40H45N13O2. The van der Waals surface area contributed by atoms with Gasteiger partial charge in [0.15, 0.2) is 17.1 Å². The lowest BCUT2D eigenvalue weighted by molar-refractivity contribution is 0.0804. The fourth-order valence-electron chi connectivity index (χ4n) is 8.94. The number of hydrogen-bond donors (Lipinski definition) is 3. The van der Waals surface area contributed by atoms with Gasteiger partial charge in [0, 0.05) is 77.4 Å². The number of hydrogen-bond acceptors (Lipinski definition) is 11. The van der Waals surface area contributed by atoms with Crippen molar-refractivity contribution in [3.63, 3.8) is 0 Å². The number of nitrogens with zero attached hydrogens (tertiary/aromatic N) is 10. The van der Waals surface area contributed by atoms with E-state index in [9.17, 15) is 0 Å². The first-order valence-electron chi connectivity index (χ1n) is 19.0. The predicted molar refractivity (Wildman–Crippen MR) is 207 cm³/mol. The third-order valence-electron chi connectivity index (χ3n) is 12.1. The molecule has 3 aliphatic rings. The van der Waals surface area contributed by atoms with Crippen LogP contribution in [0.1, 0.15) is 80.4 Å². The molecule has 7 heterocycles. The quantitative estimate of drug-likeness (QED) is 0.190. The van der Waals surface area contributed by atoms with E-state index in [1.807, 2.05) is 60.1 Å². The third kappa shape index (κ3) is 5.34. The molecule has 0 bridgehead atoms. The molecule has 0 fully saturated rings. The Morgan fingerprint density at radius 2 is 1.62 bits per heavy atom. The number of fused-ring (bicyclic) bond motifs is 4. The smallest absolute Gasteiger partial charge is 0.279 e. The number of nitrogens with two attached hydrogens (primary N) is 1. The molecule has 4 N–H and O–H groups in total. The third-order valence-corrected chi connectivity index (χ3v) is 12.1. The van der Waals surface area contributed by atoms with Crippen LogP contribution < -0.4 is 11.2 Å². The molecule has 10 rings (SSSR count). The van der Waals surface area contributed by atoms with E-state index in [-0.39, 0.29) is 17.4 Å². The number of nitrogens with one attached hydrogen (secondary N) is 2. The molecule has 1 aromatic carbocycles. The van der Waals surface area contributed by atoms with E-state index < -0.39 is 11.7 Å². The minimum absolute atomic E-state index is 0.202. The van der Waals surface area contributed by atoms with Crippen LogP contribution in [0.15, 0.2) is 58.4 Å². The van der Waals surface area contributed by atoms with Crippen LogP contribution in [0, 0.1) is 10.8 Å². The molecule has 15 heteroatoms. The minimum Gasteiger partial charge on any atom is -0.383 e. The number of pyridine rings is 1. The first-order chi connectivity index (χ1) is 26.4. The summed E-state index contributed by atoms with van der Waals surface area (Å²) in [5.41, 5.74) is 19.0.